The minimum Gasteiger partial charge on any atom is -0.549 e. The number of allylic oxidation sites excluding steroid dienone is 1. The molecule has 3 aromatic rings. The average Bonchev–Trinajstić information content (AvgIpc) is 3.48. The van der Waals surface area contributed by atoms with E-state index in [1.165, 1.54) is 28.7 Å². The Bertz CT molecular complexity index is 1870. The molecule has 5 rings (SSSR count). The zero-order valence-electron chi connectivity index (χ0n) is 25.0. The summed E-state index contributed by atoms with van der Waals surface area (Å²) in [5, 5.41) is 48.5. The molecule has 0 radical (unpaired) electrons. The van der Waals surface area contributed by atoms with Crippen LogP contribution in [0.4, 0.5) is 16.8 Å². The number of oxime groups is 1. The molecule has 0 aliphatic carbocycles. The molecule has 4 atom stereocenters. The van der Waals surface area contributed by atoms with Crippen molar-refractivity contribution in [2.75, 3.05) is 29.5 Å². The number of anilines is 3. The maximum absolute atomic E-state index is 13.4. The number of β-lactam (4-membered cyclic amide) rings is 1. The molecule has 2 aromatic heterocycles. The molecule has 2 aliphatic heterocycles. The van der Waals surface area contributed by atoms with Crippen molar-refractivity contribution in [3.05, 3.63) is 58.9 Å². The lowest BCUT2D eigenvalue weighted by Gasteiger charge is -2.54. The number of phenols is 2. The molecule has 4 heterocycles. The number of carboxylic acid groups (broad SMARTS) is 2. The third kappa shape index (κ3) is 6.47. The third-order valence-electron chi connectivity index (χ3n) is 7.71. The number of carboxylic acids is 2. The van der Waals surface area contributed by atoms with Crippen LogP contribution >= 0.6 is 23.1 Å². The minimum absolute atomic E-state index is 0.0122. The highest BCUT2D eigenvalue weighted by molar-refractivity contribution is 8.00. The number of phenolic OH excluding ortho intramolecular Hbond substituents is 2. The number of aromatic nitrogens is 3. The number of nitrogens with one attached hydrogen (secondary N) is 1. The molecule has 1 aromatic carbocycles. The largest absolute Gasteiger partial charge is 0.549 e. The first-order chi connectivity index (χ1) is 22.7. The first kappa shape index (κ1) is 33.7. The van der Waals surface area contributed by atoms with Crippen LogP contribution in [0.5, 0.6) is 11.5 Å². The summed E-state index contributed by atoms with van der Waals surface area (Å²) in [7, 11) is 0. The number of aliphatic carboxylic acids is 2. The van der Waals surface area contributed by atoms with E-state index in [1.807, 2.05) is 0 Å². The summed E-state index contributed by atoms with van der Waals surface area (Å²) >= 11 is 2.09. The van der Waals surface area contributed by atoms with Crippen molar-refractivity contribution in [2.24, 2.45) is 10.6 Å². The summed E-state index contributed by atoms with van der Waals surface area (Å²) in [6, 6.07) is 2.10. The van der Waals surface area contributed by atoms with Crippen LogP contribution in [0.3, 0.4) is 0 Å². The maximum Gasteiger partial charge on any atom is 0.352 e. The summed E-state index contributed by atoms with van der Waals surface area (Å²) in [6.45, 7) is 1.66. The number of nitrogens with two attached hydrogens (primary N) is 3. The van der Waals surface area contributed by atoms with Gasteiger partial charge >= 0.3 is 5.97 Å². The van der Waals surface area contributed by atoms with Crippen LogP contribution in [0.1, 0.15) is 22.9 Å². The van der Waals surface area contributed by atoms with Gasteiger partial charge < -0.3 is 57.5 Å². The van der Waals surface area contributed by atoms with Crippen LogP contribution in [0, 0.1) is 12.3 Å². The number of thioether (sulfide) groups is 1. The number of fused-ring (bicyclic) bond motifs is 1. The molecule has 48 heavy (non-hydrogen) atoms. The number of rotatable bonds is 11. The Morgan fingerprint density at radius 3 is 2.69 bits per heavy atom. The molecule has 0 spiro atoms. The van der Waals surface area contributed by atoms with Gasteiger partial charge in [0.25, 0.3) is 5.91 Å². The number of carbonyl (C=O) groups is 4. The number of thiazole rings is 1. The van der Waals surface area contributed by atoms with E-state index in [0.29, 0.717) is 11.4 Å². The second-order valence-electron chi connectivity index (χ2n) is 10.8. The number of hydrogen-bond acceptors (Lipinski definition) is 16. The summed E-state index contributed by atoms with van der Waals surface area (Å²) in [5.74, 6) is -4.90. The van der Waals surface area contributed by atoms with Crippen molar-refractivity contribution >= 4 is 69.3 Å². The van der Waals surface area contributed by atoms with Gasteiger partial charge in [0.05, 0.1) is 23.5 Å². The molecule has 10 N–H and O–H groups in total. The monoisotopic (exact) mass is 699 g/mol. The van der Waals surface area contributed by atoms with Crippen molar-refractivity contribution < 1.29 is 49.0 Å². The van der Waals surface area contributed by atoms with Gasteiger partial charge in [0, 0.05) is 23.2 Å². The number of aromatic hydroxyl groups is 2. The Hall–Kier alpha value is -5.63. The number of nitrogen functional groups attached to an aromatic ring is 3. The van der Waals surface area contributed by atoms with Crippen LogP contribution in [-0.4, -0.2) is 83.4 Å². The Morgan fingerprint density at radius 1 is 1.29 bits per heavy atom. The van der Waals surface area contributed by atoms with Gasteiger partial charge in [-0.05, 0) is 19.1 Å². The summed E-state index contributed by atoms with van der Waals surface area (Å²) in [6.07, 6.45) is 2.64. The number of amides is 2. The van der Waals surface area contributed by atoms with E-state index in [-0.39, 0.29) is 41.0 Å². The van der Waals surface area contributed by atoms with Gasteiger partial charge in [-0.3, -0.25) is 9.59 Å². The first-order valence-corrected chi connectivity index (χ1v) is 15.9. The SMILES string of the molecule is Cc1c(N)nc[n+](CC=CC2(C(=O)[O-])CS[C@@H]3C(NC(=O)C(=NOC(C(=O)O)c4ccc(O)c(O)c4)c4csc(N)n4)C(=O)N3C2)c1N. The second-order valence-corrected chi connectivity index (χ2v) is 12.8. The first-order valence-electron chi connectivity index (χ1n) is 13.9. The number of hydrogen-bond donors (Lipinski definition) is 7. The highest BCUT2D eigenvalue weighted by Gasteiger charge is 2.55. The zero-order chi connectivity index (χ0) is 34.9. The standard InChI is InChI=1S/C28H29N9O9S2/c1-12-20(29)32-11-36(21(12)30)6-2-5-28(26(44)45)9-37-23(41)18(24(37)48-10-28)34-22(40)17(14-8-47-27(31)33-14)35-46-19(25(42)43)13-3-4-15(38)16(39)7-13/h2-5,7-8,11,18-19,24H,6,9-10H2,1H3,(H10,29,30,31,33,34,35,38,39,40,42,43,44,45)/t18?,19?,24-,28?/m1/s1. The van der Waals surface area contributed by atoms with Crippen molar-refractivity contribution in [2.45, 2.75) is 31.0 Å². The van der Waals surface area contributed by atoms with Crippen molar-refractivity contribution in [1.29, 1.82) is 0 Å². The Kier molecular flexibility index (Phi) is 9.30. The summed E-state index contributed by atoms with van der Waals surface area (Å²) in [4.78, 5) is 65.5. The number of carbonyl (C=O) groups excluding carboxylic acids is 3. The predicted octanol–water partition coefficient (Wildman–Crippen LogP) is -1.77. The minimum atomic E-state index is -1.81. The highest BCUT2D eigenvalue weighted by Crippen LogP contribution is 2.42. The average molecular weight is 700 g/mol. The molecule has 18 nitrogen and oxygen atoms in total. The molecule has 252 valence electrons. The molecule has 0 bridgehead atoms. The lowest BCUT2D eigenvalue weighted by atomic mass is 9.86. The molecule has 2 amide bonds. The van der Waals surface area contributed by atoms with Gasteiger partial charge in [-0.1, -0.05) is 28.4 Å². The van der Waals surface area contributed by atoms with Gasteiger partial charge in [-0.2, -0.15) is 0 Å². The molecule has 0 saturated carbocycles. The zero-order valence-corrected chi connectivity index (χ0v) is 26.6. The molecule has 2 fully saturated rings. The van der Waals surface area contributed by atoms with E-state index in [1.54, 1.807) is 17.6 Å². The van der Waals surface area contributed by atoms with Crippen LogP contribution in [-0.2, 0) is 30.6 Å². The Morgan fingerprint density at radius 2 is 2.04 bits per heavy atom. The van der Waals surface area contributed by atoms with E-state index in [9.17, 15) is 39.6 Å². The lowest BCUT2D eigenvalue weighted by Crippen LogP contribution is -2.74. The van der Waals surface area contributed by atoms with Crippen molar-refractivity contribution in [3.63, 3.8) is 0 Å². The van der Waals surface area contributed by atoms with Crippen LogP contribution in [0.15, 0.2) is 47.2 Å². The van der Waals surface area contributed by atoms with Crippen LogP contribution < -0.4 is 32.2 Å². The number of benzene rings is 1. The fraction of sp³-hybridized carbons (Fsp3) is 0.286. The predicted molar refractivity (Wildman–Crippen MR) is 169 cm³/mol. The summed E-state index contributed by atoms with van der Waals surface area (Å²) < 4.78 is 1.58. The Balaban J connectivity index is 1.31. The smallest absolute Gasteiger partial charge is 0.352 e. The summed E-state index contributed by atoms with van der Waals surface area (Å²) in [5.41, 5.74) is 15.9. The van der Waals surface area contributed by atoms with Gasteiger partial charge in [0.2, 0.25) is 30.0 Å². The van der Waals surface area contributed by atoms with Gasteiger partial charge in [0.1, 0.15) is 17.1 Å². The molecule has 2 aliphatic rings. The fourth-order valence-corrected chi connectivity index (χ4v) is 6.99. The second kappa shape index (κ2) is 13.2. The number of nitrogens with zero attached hydrogens (tertiary/aromatic N) is 5. The van der Waals surface area contributed by atoms with E-state index in [4.69, 9.17) is 22.0 Å². The Labute approximate surface area is 279 Å². The molecule has 20 heteroatoms. The fourth-order valence-electron chi connectivity index (χ4n) is 4.93. The van der Waals surface area contributed by atoms with E-state index >= 15 is 0 Å². The topological polar surface area (TPSA) is 297 Å². The van der Waals surface area contributed by atoms with Gasteiger partial charge in [0.15, 0.2) is 22.3 Å². The maximum atomic E-state index is 13.4. The van der Waals surface area contributed by atoms with Crippen LogP contribution in [0.25, 0.3) is 0 Å². The van der Waals surface area contributed by atoms with Crippen LogP contribution in [0.2, 0.25) is 0 Å². The van der Waals surface area contributed by atoms with Gasteiger partial charge in [-0.15, -0.1) is 23.1 Å². The molecule has 2 saturated heterocycles. The normalized spacial score (nSPS) is 21.3. The highest BCUT2D eigenvalue weighted by atomic mass is 32.2. The van der Waals surface area contributed by atoms with Crippen molar-refractivity contribution in [1.82, 2.24) is 20.2 Å². The van der Waals surface area contributed by atoms with E-state index < -0.39 is 63.9 Å². The van der Waals surface area contributed by atoms with E-state index in [2.05, 4.69) is 20.4 Å². The lowest BCUT2D eigenvalue weighted by molar-refractivity contribution is -0.675. The molecular weight excluding hydrogens is 670 g/mol. The quantitative estimate of drug-likeness (QED) is 0.0291. The van der Waals surface area contributed by atoms with Gasteiger partial charge in [-0.25, -0.2) is 14.3 Å². The third-order valence-corrected chi connectivity index (χ3v) is 9.93. The van der Waals surface area contributed by atoms with E-state index in [0.717, 1.165) is 35.2 Å². The molecule has 3 unspecified atom stereocenters. The molecular formula is C28H29N9O9S2. The van der Waals surface area contributed by atoms with Crippen molar-refractivity contribution in [3.8, 4) is 11.5 Å².